The first kappa shape index (κ1) is 5.26. The molecule has 0 unspecified atom stereocenters. The number of rotatable bonds is 2. The van der Waals surface area contributed by atoms with E-state index in [0.29, 0.717) is 0 Å². The fourth-order valence-corrected chi connectivity index (χ4v) is 0.612. The molecule has 0 aliphatic rings. The van der Waals surface area contributed by atoms with Crippen LogP contribution < -0.4 is 0 Å². The molecule has 0 aromatic heterocycles. The average Bonchev–Trinajstić information content (AvgIpc) is 1.41. The second-order valence-electron chi connectivity index (χ2n) is 0.622. The van der Waals surface area contributed by atoms with Gasteiger partial charge in [-0.3, -0.25) is 0 Å². The quantitative estimate of drug-likeness (QED) is 0.500. The third-order valence-corrected chi connectivity index (χ3v) is 1.48. The number of hydrogen-bond acceptors (Lipinski definition) is 0. The summed E-state index contributed by atoms with van der Waals surface area (Å²) in [6.45, 7) is 5.75. The van der Waals surface area contributed by atoms with Crippen LogP contribution in [0.15, 0.2) is 11.6 Å². The molecule has 0 N–H and O–H groups in total. The van der Waals surface area contributed by atoms with Crippen LogP contribution in [0.1, 0.15) is 6.92 Å². The Kier molecular flexibility index (Phi) is 4.48. The summed E-state index contributed by atoms with van der Waals surface area (Å²) < 4.78 is 0. The van der Waals surface area contributed by atoms with Crippen LogP contribution in [-0.2, 0) is 0 Å². The summed E-state index contributed by atoms with van der Waals surface area (Å²) in [4.78, 5) is 1.99. The van der Waals surface area contributed by atoms with Crippen LogP contribution in [0.25, 0.3) is 0 Å². The minimum atomic E-state index is 0.722. The summed E-state index contributed by atoms with van der Waals surface area (Å²) in [7, 11) is 0. The molecule has 30 valence electrons. The molecular formula is C4H8Se. The van der Waals surface area contributed by atoms with Crippen molar-refractivity contribution in [2.45, 2.75) is 12.2 Å². The Morgan fingerprint density at radius 3 is 2.60 bits per heavy atom. The van der Waals surface area contributed by atoms with Gasteiger partial charge < -0.3 is 0 Å². The Morgan fingerprint density at radius 2 is 2.60 bits per heavy atom. The van der Waals surface area contributed by atoms with Crippen molar-refractivity contribution in [1.29, 1.82) is 0 Å². The number of hydrogen-bond donors (Lipinski definition) is 0. The van der Waals surface area contributed by atoms with Crippen LogP contribution in [0.4, 0.5) is 0 Å². The molecule has 0 rings (SSSR count). The zero-order valence-electron chi connectivity index (χ0n) is 3.40. The van der Waals surface area contributed by atoms with Crippen molar-refractivity contribution in [2.75, 3.05) is 0 Å². The van der Waals surface area contributed by atoms with Crippen molar-refractivity contribution in [3.8, 4) is 0 Å². The first-order chi connectivity index (χ1) is 2.41. The van der Waals surface area contributed by atoms with Crippen LogP contribution >= 0.6 is 0 Å². The topological polar surface area (TPSA) is 0 Å². The molecule has 1 heteroatoms. The van der Waals surface area contributed by atoms with Gasteiger partial charge in [0, 0.05) is 0 Å². The third kappa shape index (κ3) is 4.26. The normalized spacial score (nSPS) is 7.40. The van der Waals surface area contributed by atoms with E-state index in [1.807, 2.05) is 4.97 Å². The molecule has 0 radical (unpaired) electrons. The SMILES string of the molecule is C=C[Se]CC. The van der Waals surface area contributed by atoms with Crippen molar-refractivity contribution < 1.29 is 0 Å². The van der Waals surface area contributed by atoms with Crippen LogP contribution in [-0.4, -0.2) is 15.0 Å². The van der Waals surface area contributed by atoms with Crippen LogP contribution in [0, 0.1) is 0 Å². The molecule has 0 aromatic rings. The Morgan fingerprint density at radius 1 is 2.00 bits per heavy atom. The fourth-order valence-electron chi connectivity index (χ4n) is 0.118. The zero-order chi connectivity index (χ0) is 4.12. The van der Waals surface area contributed by atoms with Gasteiger partial charge in [-0.25, -0.2) is 0 Å². The van der Waals surface area contributed by atoms with E-state index in [4.69, 9.17) is 0 Å². The predicted octanol–water partition coefficient (Wildman–Crippen LogP) is 1.27. The average molecular weight is 135 g/mol. The van der Waals surface area contributed by atoms with E-state index in [1.54, 1.807) is 0 Å². The van der Waals surface area contributed by atoms with Gasteiger partial charge in [0.1, 0.15) is 0 Å². The van der Waals surface area contributed by atoms with E-state index in [9.17, 15) is 0 Å². The summed E-state index contributed by atoms with van der Waals surface area (Å²) in [5, 5.41) is 1.29. The van der Waals surface area contributed by atoms with E-state index in [1.165, 1.54) is 5.32 Å². The van der Waals surface area contributed by atoms with Crippen molar-refractivity contribution in [3.05, 3.63) is 11.6 Å². The zero-order valence-corrected chi connectivity index (χ0v) is 5.11. The predicted molar refractivity (Wildman–Crippen MR) is 26.4 cm³/mol. The van der Waals surface area contributed by atoms with Gasteiger partial charge in [-0.15, -0.1) is 0 Å². The van der Waals surface area contributed by atoms with Gasteiger partial charge in [0.15, 0.2) is 0 Å². The Labute approximate surface area is 39.4 Å². The summed E-state index contributed by atoms with van der Waals surface area (Å²) in [6, 6.07) is 0. The van der Waals surface area contributed by atoms with Crippen molar-refractivity contribution in [2.24, 2.45) is 0 Å². The Balaban J connectivity index is 2.40. The molecule has 0 spiro atoms. The first-order valence-electron chi connectivity index (χ1n) is 1.64. The molecule has 0 heterocycles. The van der Waals surface area contributed by atoms with Gasteiger partial charge in [0.2, 0.25) is 0 Å². The van der Waals surface area contributed by atoms with Crippen molar-refractivity contribution in [3.63, 3.8) is 0 Å². The van der Waals surface area contributed by atoms with Crippen LogP contribution in [0.3, 0.4) is 0 Å². The standard InChI is InChI=1S/C4H8Se/c1-3-5-4-2/h3H,1,4H2,2H3. The van der Waals surface area contributed by atoms with Crippen molar-refractivity contribution >= 4 is 15.0 Å². The second-order valence-corrected chi connectivity index (χ2v) is 3.23. The molecule has 0 atom stereocenters. The fraction of sp³-hybridized carbons (Fsp3) is 0.500. The molecule has 0 aliphatic carbocycles. The molecule has 0 aromatic carbocycles. The molecule has 0 nitrogen and oxygen atoms in total. The minimum absolute atomic E-state index is 0.722. The first-order valence-corrected chi connectivity index (χ1v) is 3.84. The Hall–Kier alpha value is 0.259. The van der Waals surface area contributed by atoms with Gasteiger partial charge in [0.05, 0.1) is 0 Å². The third-order valence-electron chi connectivity index (χ3n) is 0.285. The second kappa shape index (κ2) is 4.26. The molecule has 0 fully saturated rings. The molecule has 0 saturated carbocycles. The van der Waals surface area contributed by atoms with E-state index in [0.717, 1.165) is 15.0 Å². The summed E-state index contributed by atoms with van der Waals surface area (Å²) in [5.74, 6) is 0. The summed E-state index contributed by atoms with van der Waals surface area (Å²) in [5.41, 5.74) is 0. The Bertz CT molecular complexity index is 24.8. The van der Waals surface area contributed by atoms with Crippen LogP contribution in [0.2, 0.25) is 5.32 Å². The summed E-state index contributed by atoms with van der Waals surface area (Å²) >= 11 is 0.722. The van der Waals surface area contributed by atoms with E-state index < -0.39 is 0 Å². The van der Waals surface area contributed by atoms with E-state index in [-0.39, 0.29) is 0 Å². The van der Waals surface area contributed by atoms with Crippen molar-refractivity contribution in [1.82, 2.24) is 0 Å². The maximum absolute atomic E-state index is 3.58. The monoisotopic (exact) mass is 136 g/mol. The molecule has 0 aliphatic heterocycles. The van der Waals surface area contributed by atoms with Gasteiger partial charge in [-0.1, -0.05) is 0 Å². The van der Waals surface area contributed by atoms with E-state index in [2.05, 4.69) is 13.5 Å². The molecule has 0 bridgehead atoms. The van der Waals surface area contributed by atoms with Gasteiger partial charge in [0.25, 0.3) is 0 Å². The van der Waals surface area contributed by atoms with Crippen LogP contribution in [0.5, 0.6) is 0 Å². The molecule has 5 heavy (non-hydrogen) atoms. The molecule has 0 saturated heterocycles. The maximum atomic E-state index is 3.58. The van der Waals surface area contributed by atoms with E-state index >= 15 is 0 Å². The van der Waals surface area contributed by atoms with Gasteiger partial charge in [-0.05, 0) is 0 Å². The van der Waals surface area contributed by atoms with Gasteiger partial charge >= 0.3 is 38.8 Å². The van der Waals surface area contributed by atoms with Gasteiger partial charge in [-0.2, -0.15) is 0 Å². The molecular weight excluding hydrogens is 127 g/mol. The molecule has 0 amide bonds. The summed E-state index contributed by atoms with van der Waals surface area (Å²) in [6.07, 6.45) is 0.